The van der Waals surface area contributed by atoms with Crippen LogP contribution in [0.25, 0.3) is 0 Å². The van der Waals surface area contributed by atoms with Crippen molar-refractivity contribution in [2.45, 2.75) is 19.9 Å². The van der Waals surface area contributed by atoms with E-state index in [0.717, 1.165) is 0 Å². The molecule has 0 aromatic carbocycles. The van der Waals surface area contributed by atoms with Crippen LogP contribution in [0.2, 0.25) is 0 Å². The first kappa shape index (κ1) is 7.78. The number of nitrogens with two attached hydrogens (primary N) is 1. The molecule has 1 rings (SSSR count). The number of carbonyl (C=O) groups excluding carboxylic acids is 1. The fourth-order valence-electron chi connectivity index (χ4n) is 0.808. The second-order valence-electron chi connectivity index (χ2n) is 2.43. The molecule has 1 heterocycles. The normalized spacial score (nSPS) is 9.91. The van der Waals surface area contributed by atoms with Gasteiger partial charge in [-0.1, -0.05) is 0 Å². The Morgan fingerprint density at radius 2 is 2.55 bits per heavy atom. The van der Waals surface area contributed by atoms with E-state index in [0.29, 0.717) is 18.9 Å². The lowest BCUT2D eigenvalue weighted by molar-refractivity contribution is -0.117. The lowest BCUT2D eigenvalue weighted by Crippen LogP contribution is -2.05. The molecule has 0 spiro atoms. The van der Waals surface area contributed by atoms with Crippen LogP contribution in [0.15, 0.2) is 12.4 Å². The number of hydrogen-bond donors (Lipinski definition) is 1. The number of anilines is 1. The summed E-state index contributed by atoms with van der Waals surface area (Å²) in [6, 6.07) is 0. The number of nitrogen functional groups attached to an aromatic ring is 1. The first-order valence-corrected chi connectivity index (χ1v) is 3.46. The number of carbonyl (C=O) groups is 1. The first-order valence-electron chi connectivity index (χ1n) is 3.46. The zero-order valence-corrected chi connectivity index (χ0v) is 6.45. The lowest BCUT2D eigenvalue weighted by atomic mass is 10.3. The van der Waals surface area contributed by atoms with Gasteiger partial charge in [0.05, 0.1) is 0 Å². The zero-order chi connectivity index (χ0) is 8.27. The third kappa shape index (κ3) is 2.07. The molecule has 2 N–H and O–H groups in total. The number of ketones is 1. The zero-order valence-electron chi connectivity index (χ0n) is 6.45. The molecule has 0 saturated carbocycles. The molecule has 0 aliphatic rings. The Morgan fingerprint density at radius 1 is 1.82 bits per heavy atom. The number of Topliss-reactive ketones (excluding diaryl/α,β-unsaturated/α-hetero) is 1. The molecule has 4 nitrogen and oxygen atoms in total. The average Bonchev–Trinajstić information content (AvgIpc) is 2.31. The Hall–Kier alpha value is -1.32. The fraction of sp³-hybridized carbons (Fsp3) is 0.429. The molecule has 0 radical (unpaired) electrons. The molecule has 0 atom stereocenters. The van der Waals surface area contributed by atoms with E-state index in [1.165, 1.54) is 0 Å². The van der Waals surface area contributed by atoms with Gasteiger partial charge in [0.2, 0.25) is 0 Å². The number of imidazole rings is 1. The SMILES string of the molecule is CC(=O)CCn1ccnc1N. The molecule has 11 heavy (non-hydrogen) atoms. The number of nitrogens with zero attached hydrogens (tertiary/aromatic N) is 2. The maximum atomic E-state index is 10.6. The summed E-state index contributed by atoms with van der Waals surface area (Å²) in [5.74, 6) is 0.629. The Labute approximate surface area is 65.0 Å². The van der Waals surface area contributed by atoms with Gasteiger partial charge in [0.15, 0.2) is 5.95 Å². The Bertz CT molecular complexity index is 254. The number of aromatic nitrogens is 2. The summed E-state index contributed by atoms with van der Waals surface area (Å²) in [6.45, 7) is 2.19. The molecule has 1 aromatic rings. The van der Waals surface area contributed by atoms with Crippen molar-refractivity contribution in [1.29, 1.82) is 0 Å². The van der Waals surface area contributed by atoms with Crippen LogP contribution in [0.5, 0.6) is 0 Å². The van der Waals surface area contributed by atoms with Gasteiger partial charge in [-0.05, 0) is 6.92 Å². The van der Waals surface area contributed by atoms with Gasteiger partial charge in [-0.2, -0.15) is 0 Å². The van der Waals surface area contributed by atoms with E-state index in [2.05, 4.69) is 4.98 Å². The smallest absolute Gasteiger partial charge is 0.200 e. The topological polar surface area (TPSA) is 60.9 Å². The summed E-state index contributed by atoms with van der Waals surface area (Å²) < 4.78 is 1.75. The molecule has 4 heteroatoms. The van der Waals surface area contributed by atoms with Crippen molar-refractivity contribution < 1.29 is 4.79 Å². The summed E-state index contributed by atoms with van der Waals surface area (Å²) in [4.78, 5) is 14.4. The van der Waals surface area contributed by atoms with Gasteiger partial charge < -0.3 is 10.3 Å². The molecular formula is C7H11N3O. The minimum atomic E-state index is 0.165. The van der Waals surface area contributed by atoms with E-state index in [4.69, 9.17) is 5.73 Å². The van der Waals surface area contributed by atoms with Gasteiger partial charge in [0.25, 0.3) is 0 Å². The van der Waals surface area contributed by atoms with Gasteiger partial charge in [0.1, 0.15) is 5.78 Å². The average molecular weight is 153 g/mol. The van der Waals surface area contributed by atoms with Gasteiger partial charge >= 0.3 is 0 Å². The molecule has 0 amide bonds. The fourth-order valence-corrected chi connectivity index (χ4v) is 0.808. The predicted molar refractivity (Wildman–Crippen MR) is 41.9 cm³/mol. The quantitative estimate of drug-likeness (QED) is 0.685. The second kappa shape index (κ2) is 3.18. The predicted octanol–water partition coefficient (Wildman–Crippen LogP) is 0.444. The van der Waals surface area contributed by atoms with Gasteiger partial charge in [-0.3, -0.25) is 4.79 Å². The summed E-state index contributed by atoms with van der Waals surface area (Å²) in [6.07, 6.45) is 3.90. The molecule has 60 valence electrons. The highest BCUT2D eigenvalue weighted by atomic mass is 16.1. The van der Waals surface area contributed by atoms with Crippen molar-refractivity contribution in [2.24, 2.45) is 0 Å². The molecule has 0 saturated heterocycles. The van der Waals surface area contributed by atoms with Crippen molar-refractivity contribution in [2.75, 3.05) is 5.73 Å². The number of rotatable bonds is 3. The Kier molecular flexibility index (Phi) is 2.25. The number of aryl methyl sites for hydroxylation is 1. The van der Waals surface area contributed by atoms with E-state index < -0.39 is 0 Å². The molecule has 1 aromatic heterocycles. The van der Waals surface area contributed by atoms with Crippen LogP contribution in [-0.2, 0) is 11.3 Å². The van der Waals surface area contributed by atoms with E-state index in [1.807, 2.05) is 0 Å². The molecule has 0 aliphatic heterocycles. The van der Waals surface area contributed by atoms with Crippen LogP contribution >= 0.6 is 0 Å². The highest BCUT2D eigenvalue weighted by Crippen LogP contribution is 1.99. The monoisotopic (exact) mass is 153 g/mol. The highest BCUT2D eigenvalue weighted by molar-refractivity contribution is 5.75. The molecule has 0 fully saturated rings. The molecule has 0 unspecified atom stereocenters. The Morgan fingerprint density at radius 3 is 3.00 bits per heavy atom. The van der Waals surface area contributed by atoms with Crippen LogP contribution in [0.3, 0.4) is 0 Å². The van der Waals surface area contributed by atoms with Gasteiger partial charge in [0, 0.05) is 25.4 Å². The molecular weight excluding hydrogens is 142 g/mol. The first-order chi connectivity index (χ1) is 5.20. The van der Waals surface area contributed by atoms with Crippen molar-refractivity contribution in [1.82, 2.24) is 9.55 Å². The molecule has 0 aliphatic carbocycles. The van der Waals surface area contributed by atoms with Crippen molar-refractivity contribution >= 4 is 11.7 Å². The third-order valence-corrected chi connectivity index (χ3v) is 1.45. The van der Waals surface area contributed by atoms with E-state index in [1.54, 1.807) is 23.9 Å². The van der Waals surface area contributed by atoms with Crippen molar-refractivity contribution in [3.63, 3.8) is 0 Å². The Balaban J connectivity index is 2.51. The van der Waals surface area contributed by atoms with Crippen molar-refractivity contribution in [3.05, 3.63) is 12.4 Å². The maximum absolute atomic E-state index is 10.6. The largest absolute Gasteiger partial charge is 0.369 e. The summed E-state index contributed by atoms with van der Waals surface area (Å²) in [5.41, 5.74) is 5.47. The summed E-state index contributed by atoms with van der Waals surface area (Å²) in [5, 5.41) is 0. The third-order valence-electron chi connectivity index (χ3n) is 1.45. The summed E-state index contributed by atoms with van der Waals surface area (Å²) in [7, 11) is 0. The highest BCUT2D eigenvalue weighted by Gasteiger charge is 1.98. The molecule has 0 bridgehead atoms. The van der Waals surface area contributed by atoms with Crippen LogP contribution in [0.4, 0.5) is 5.95 Å². The maximum Gasteiger partial charge on any atom is 0.200 e. The van der Waals surface area contributed by atoms with E-state index in [9.17, 15) is 4.79 Å². The van der Waals surface area contributed by atoms with Gasteiger partial charge in [-0.15, -0.1) is 0 Å². The van der Waals surface area contributed by atoms with E-state index in [-0.39, 0.29) is 5.78 Å². The van der Waals surface area contributed by atoms with Crippen LogP contribution < -0.4 is 5.73 Å². The van der Waals surface area contributed by atoms with Crippen LogP contribution in [0.1, 0.15) is 13.3 Å². The summed E-state index contributed by atoms with van der Waals surface area (Å²) >= 11 is 0. The standard InChI is InChI=1S/C7H11N3O/c1-6(11)2-4-10-5-3-9-7(10)8/h3,5H,2,4H2,1H3,(H2,8,9). The minimum absolute atomic E-state index is 0.165. The number of hydrogen-bond acceptors (Lipinski definition) is 3. The lowest BCUT2D eigenvalue weighted by Gasteiger charge is -2.00. The second-order valence-corrected chi connectivity index (χ2v) is 2.43. The van der Waals surface area contributed by atoms with Crippen LogP contribution in [0, 0.1) is 0 Å². The van der Waals surface area contributed by atoms with Crippen molar-refractivity contribution in [3.8, 4) is 0 Å². The minimum Gasteiger partial charge on any atom is -0.369 e. The van der Waals surface area contributed by atoms with E-state index >= 15 is 0 Å². The van der Waals surface area contributed by atoms with Gasteiger partial charge in [-0.25, -0.2) is 4.98 Å². The van der Waals surface area contributed by atoms with Crippen LogP contribution in [-0.4, -0.2) is 15.3 Å².